The third kappa shape index (κ3) is 6.20. The quantitative estimate of drug-likeness (QED) is 0.165. The highest BCUT2D eigenvalue weighted by molar-refractivity contribution is 6.02. The van der Waals surface area contributed by atoms with E-state index >= 15 is 0 Å². The summed E-state index contributed by atoms with van der Waals surface area (Å²) >= 11 is 0. The molecule has 0 atom stereocenters. The van der Waals surface area contributed by atoms with Crippen LogP contribution in [0.4, 0.5) is 74.6 Å². The number of halogens is 17. The van der Waals surface area contributed by atoms with E-state index in [1.165, 1.54) is 0 Å². The van der Waals surface area contributed by atoms with Gasteiger partial charge in [0.2, 0.25) is 5.78 Å². The van der Waals surface area contributed by atoms with E-state index in [9.17, 15) is 79.4 Å². The molecule has 0 aliphatic heterocycles. The maximum Gasteiger partial charge on any atom is 0.460 e. The van der Waals surface area contributed by atoms with Crippen LogP contribution in [0.1, 0.15) is 86.6 Å². The molecule has 0 spiro atoms. The van der Waals surface area contributed by atoms with E-state index < -0.39 is 59.0 Å². The Hall–Kier alpha value is -2.30. The number of ketones is 1. The fourth-order valence-corrected chi connectivity index (χ4v) is 6.39. The average molecular weight is 717 g/mol. The van der Waals surface area contributed by atoms with Gasteiger partial charge in [0.1, 0.15) is 0 Å². The molecule has 0 radical (unpaired) electrons. The fourth-order valence-electron chi connectivity index (χ4n) is 6.39. The molecular weight excluding hydrogens is 687 g/mol. The third-order valence-electron chi connectivity index (χ3n) is 9.56. The van der Waals surface area contributed by atoms with Crippen molar-refractivity contribution in [1.29, 1.82) is 0 Å². The van der Waals surface area contributed by atoms with Crippen LogP contribution in [-0.2, 0) is 0 Å². The maximum atomic E-state index is 14.5. The van der Waals surface area contributed by atoms with Crippen molar-refractivity contribution in [3.63, 3.8) is 0 Å². The van der Waals surface area contributed by atoms with Crippen molar-refractivity contribution in [3.8, 4) is 0 Å². The van der Waals surface area contributed by atoms with E-state index in [-0.39, 0.29) is 5.92 Å². The molecule has 18 heteroatoms. The lowest BCUT2D eigenvalue weighted by atomic mass is 9.68. The molecule has 2 aliphatic rings. The highest BCUT2D eigenvalue weighted by Crippen LogP contribution is 2.64. The molecule has 1 nitrogen and oxygen atoms in total. The zero-order valence-corrected chi connectivity index (χ0v) is 24.3. The molecule has 0 aromatic heterocycles. The molecule has 2 saturated carbocycles. The summed E-state index contributed by atoms with van der Waals surface area (Å²) in [7, 11) is 0. The van der Waals surface area contributed by atoms with Crippen LogP contribution in [0.3, 0.4) is 0 Å². The van der Waals surface area contributed by atoms with Gasteiger partial charge in [-0.25, -0.2) is 0 Å². The van der Waals surface area contributed by atoms with E-state index in [2.05, 4.69) is 6.92 Å². The van der Waals surface area contributed by atoms with E-state index in [0.29, 0.717) is 48.3 Å². The lowest BCUT2D eigenvalue weighted by Gasteiger charge is -2.42. The highest BCUT2D eigenvalue weighted by Gasteiger charge is 2.95. The first-order valence-corrected chi connectivity index (χ1v) is 14.5. The summed E-state index contributed by atoms with van der Waals surface area (Å²) in [6, 6.07) is 2.78. The third-order valence-corrected chi connectivity index (χ3v) is 9.56. The molecule has 3 rings (SSSR count). The Kier molecular flexibility index (Phi) is 10.4. The number of rotatable bonds is 11. The van der Waals surface area contributed by atoms with Crippen molar-refractivity contribution in [2.75, 3.05) is 0 Å². The minimum absolute atomic E-state index is 0.203. The van der Waals surface area contributed by atoms with Crippen molar-refractivity contribution in [2.24, 2.45) is 17.8 Å². The number of hydrogen-bond donors (Lipinski definition) is 0. The lowest BCUT2D eigenvalue weighted by Crippen LogP contribution is -2.75. The fraction of sp³-hybridized carbons (Fsp3) is 0.759. The maximum absolute atomic E-state index is 14.5. The van der Waals surface area contributed by atoms with Crippen LogP contribution in [0.15, 0.2) is 24.3 Å². The first kappa shape index (κ1) is 39.1. The van der Waals surface area contributed by atoms with Gasteiger partial charge in [-0.05, 0) is 67.8 Å². The van der Waals surface area contributed by atoms with Crippen LogP contribution in [0.25, 0.3) is 0 Å². The highest BCUT2D eigenvalue weighted by atomic mass is 19.4. The normalized spacial score (nSPS) is 24.7. The van der Waals surface area contributed by atoms with Gasteiger partial charge in [0, 0.05) is 5.56 Å². The summed E-state index contributed by atoms with van der Waals surface area (Å²) in [5.41, 5.74) is -1.14. The minimum atomic E-state index is -8.74. The van der Waals surface area contributed by atoms with Gasteiger partial charge < -0.3 is 0 Å². The average Bonchev–Trinajstić information content (AvgIpc) is 2.99. The second-order valence-electron chi connectivity index (χ2n) is 12.3. The predicted molar refractivity (Wildman–Crippen MR) is 132 cm³/mol. The van der Waals surface area contributed by atoms with Crippen LogP contribution in [-0.4, -0.2) is 53.4 Å². The standard InChI is InChI=1S/C29H29F17O/c1-2-15-3-5-16(6-4-15)17-7-9-18(10-8-17)19-11-13-20(14-12-19)21(47)22(30,31)23(32,33)24(34,35)25(36,37)26(38,39)27(40,41)28(42,43)29(44,45)46/h11-18H,2-10H2,1H3/t15-,16-,17-,18-. The van der Waals surface area contributed by atoms with Crippen molar-refractivity contribution in [3.05, 3.63) is 35.4 Å². The van der Waals surface area contributed by atoms with Crippen molar-refractivity contribution < 1.29 is 79.4 Å². The Morgan fingerprint density at radius 2 is 0.894 bits per heavy atom. The Bertz CT molecular complexity index is 1240. The Morgan fingerprint density at radius 3 is 1.28 bits per heavy atom. The minimum Gasteiger partial charge on any atom is -0.287 e. The van der Waals surface area contributed by atoms with Crippen molar-refractivity contribution in [2.45, 2.75) is 118 Å². The number of hydrogen-bond acceptors (Lipinski definition) is 1. The summed E-state index contributed by atoms with van der Waals surface area (Å²) in [5, 5.41) is 0. The zero-order valence-electron chi connectivity index (χ0n) is 24.3. The van der Waals surface area contributed by atoms with Gasteiger partial charge in [0.25, 0.3) is 0 Å². The number of carbonyl (C=O) groups excluding carboxylic acids is 1. The second kappa shape index (κ2) is 12.5. The first-order valence-electron chi connectivity index (χ1n) is 14.5. The van der Waals surface area contributed by atoms with E-state index in [1.54, 1.807) is 0 Å². The Balaban J connectivity index is 1.80. The molecule has 0 heterocycles. The van der Waals surface area contributed by atoms with Crippen molar-refractivity contribution in [1.82, 2.24) is 0 Å². The van der Waals surface area contributed by atoms with Crippen molar-refractivity contribution >= 4 is 5.78 Å². The first-order chi connectivity index (χ1) is 21.1. The van der Waals surface area contributed by atoms with Gasteiger partial charge in [0.05, 0.1) is 0 Å². The molecule has 1 aromatic rings. The molecule has 0 unspecified atom stereocenters. The number of Topliss-reactive ketones (excluding diaryl/α,β-unsaturated/α-hetero) is 1. The number of benzene rings is 1. The Labute approximate surface area is 257 Å². The topological polar surface area (TPSA) is 17.1 Å². The van der Waals surface area contributed by atoms with Crippen LogP contribution in [0.5, 0.6) is 0 Å². The van der Waals surface area contributed by atoms with Gasteiger partial charge in [-0.3, -0.25) is 4.79 Å². The summed E-state index contributed by atoms with van der Waals surface area (Å²) < 4.78 is 230. The van der Waals surface area contributed by atoms with Gasteiger partial charge >= 0.3 is 47.6 Å². The van der Waals surface area contributed by atoms with Crippen LogP contribution in [0, 0.1) is 17.8 Å². The molecule has 0 amide bonds. The molecule has 0 bridgehead atoms. The van der Waals surface area contributed by atoms with E-state index in [4.69, 9.17) is 0 Å². The molecule has 47 heavy (non-hydrogen) atoms. The molecule has 2 fully saturated rings. The smallest absolute Gasteiger partial charge is 0.287 e. The molecule has 2 aliphatic carbocycles. The molecular formula is C29H29F17O. The largest absolute Gasteiger partial charge is 0.460 e. The van der Waals surface area contributed by atoms with Crippen LogP contribution >= 0.6 is 0 Å². The summed E-state index contributed by atoms with van der Waals surface area (Å²) in [6.45, 7) is 2.12. The zero-order chi connectivity index (χ0) is 36.2. The SMILES string of the molecule is CC[C@H]1CC[C@H]([C@H]2CC[C@H](c3ccc(C(=O)C(F)(F)C(F)(F)C(F)(F)C(F)(F)C(F)(F)C(F)(F)C(F)(F)C(F)(F)F)cc3)CC2)CC1. The van der Waals surface area contributed by atoms with E-state index in [0.717, 1.165) is 57.1 Å². The lowest BCUT2D eigenvalue weighted by molar-refractivity contribution is -0.459. The van der Waals surface area contributed by atoms with Gasteiger partial charge in [0.15, 0.2) is 0 Å². The molecule has 270 valence electrons. The van der Waals surface area contributed by atoms with Crippen LogP contribution in [0.2, 0.25) is 0 Å². The number of alkyl halides is 17. The Morgan fingerprint density at radius 1 is 0.532 bits per heavy atom. The summed E-state index contributed by atoms with van der Waals surface area (Å²) in [4.78, 5) is 12.2. The summed E-state index contributed by atoms with van der Waals surface area (Å²) in [5.74, 6) is -59.9. The molecule has 0 saturated heterocycles. The van der Waals surface area contributed by atoms with Gasteiger partial charge in [-0.2, -0.15) is 74.6 Å². The summed E-state index contributed by atoms with van der Waals surface area (Å²) in [6.07, 6.45) is 0.451. The predicted octanol–water partition coefficient (Wildman–Crippen LogP) is 11.4. The molecule has 0 N–H and O–H groups in total. The monoisotopic (exact) mass is 716 g/mol. The number of carbonyl (C=O) groups is 1. The van der Waals surface area contributed by atoms with Gasteiger partial charge in [-0.1, -0.05) is 50.5 Å². The van der Waals surface area contributed by atoms with Gasteiger partial charge in [-0.15, -0.1) is 0 Å². The second-order valence-corrected chi connectivity index (χ2v) is 12.3. The van der Waals surface area contributed by atoms with E-state index in [1.807, 2.05) is 0 Å². The molecule has 1 aromatic carbocycles. The van der Waals surface area contributed by atoms with Crippen LogP contribution < -0.4 is 0 Å².